The minimum atomic E-state index is -0.212. The number of hydrogen-bond acceptors (Lipinski definition) is 5. The van der Waals surface area contributed by atoms with Crippen molar-refractivity contribution in [2.75, 3.05) is 20.2 Å². The first kappa shape index (κ1) is 19.4. The molecule has 25 heavy (non-hydrogen) atoms. The van der Waals surface area contributed by atoms with Crippen LogP contribution in [-0.2, 0) is 11.3 Å². The van der Waals surface area contributed by atoms with Gasteiger partial charge in [-0.3, -0.25) is 9.69 Å². The van der Waals surface area contributed by atoms with Gasteiger partial charge in [0, 0.05) is 23.0 Å². The Bertz CT molecular complexity index is 707. The molecule has 6 heteroatoms. The van der Waals surface area contributed by atoms with Gasteiger partial charge in [0.25, 0.3) is 0 Å². The second-order valence-electron chi connectivity index (χ2n) is 6.98. The van der Waals surface area contributed by atoms with Gasteiger partial charge in [0.2, 0.25) is 5.91 Å². The predicted molar refractivity (Wildman–Crippen MR) is 103 cm³/mol. The number of amides is 1. The van der Waals surface area contributed by atoms with E-state index < -0.39 is 0 Å². The molecule has 1 heterocycles. The summed E-state index contributed by atoms with van der Waals surface area (Å²) in [6.07, 6.45) is 0. The van der Waals surface area contributed by atoms with E-state index in [4.69, 9.17) is 9.72 Å². The van der Waals surface area contributed by atoms with E-state index in [0.717, 1.165) is 28.6 Å². The molecule has 0 radical (unpaired) electrons. The predicted octanol–water partition coefficient (Wildman–Crippen LogP) is 3.56. The normalized spacial score (nSPS) is 11.6. The molecule has 136 valence electrons. The van der Waals surface area contributed by atoms with Crippen molar-refractivity contribution in [2.45, 2.75) is 39.8 Å². The van der Waals surface area contributed by atoms with E-state index in [0.29, 0.717) is 13.1 Å². The third-order valence-electron chi connectivity index (χ3n) is 3.58. The first-order valence-corrected chi connectivity index (χ1v) is 9.31. The summed E-state index contributed by atoms with van der Waals surface area (Å²) in [6, 6.07) is 7.89. The quantitative estimate of drug-likeness (QED) is 0.819. The fourth-order valence-corrected chi connectivity index (χ4v) is 3.25. The van der Waals surface area contributed by atoms with Gasteiger partial charge < -0.3 is 10.1 Å². The van der Waals surface area contributed by atoms with E-state index in [1.54, 1.807) is 18.4 Å². The molecule has 1 amide bonds. The lowest BCUT2D eigenvalue weighted by molar-refractivity contribution is -0.123. The van der Waals surface area contributed by atoms with E-state index in [1.165, 1.54) is 0 Å². The topological polar surface area (TPSA) is 54.5 Å². The number of carbonyl (C=O) groups excluding carboxylic acids is 1. The molecule has 0 aliphatic rings. The van der Waals surface area contributed by atoms with Gasteiger partial charge >= 0.3 is 0 Å². The number of aromatic nitrogens is 1. The van der Waals surface area contributed by atoms with Gasteiger partial charge in [-0.1, -0.05) is 19.1 Å². The summed E-state index contributed by atoms with van der Waals surface area (Å²) < 4.78 is 5.27. The highest BCUT2D eigenvalue weighted by molar-refractivity contribution is 7.13. The van der Waals surface area contributed by atoms with E-state index in [9.17, 15) is 4.79 Å². The number of hydrogen-bond donors (Lipinski definition) is 1. The molecule has 0 unspecified atom stereocenters. The average molecular weight is 362 g/mol. The summed E-state index contributed by atoms with van der Waals surface area (Å²) in [5, 5.41) is 6.02. The first-order chi connectivity index (χ1) is 11.8. The van der Waals surface area contributed by atoms with E-state index >= 15 is 0 Å². The molecule has 5 nitrogen and oxygen atoms in total. The smallest absolute Gasteiger partial charge is 0.234 e. The number of likely N-dealkylation sites (N-methyl/N-ethyl adjacent to an activating group) is 1. The van der Waals surface area contributed by atoms with Gasteiger partial charge in [-0.25, -0.2) is 4.98 Å². The molecule has 2 aromatic rings. The molecule has 2 rings (SSSR count). The Morgan fingerprint density at radius 1 is 1.36 bits per heavy atom. The summed E-state index contributed by atoms with van der Waals surface area (Å²) in [5.74, 6) is 0.862. The average Bonchev–Trinajstić information content (AvgIpc) is 3.01. The molecule has 1 aromatic carbocycles. The lowest BCUT2D eigenvalue weighted by atomic mass is 10.1. The number of methoxy groups -OCH3 is 1. The summed E-state index contributed by atoms with van der Waals surface area (Å²) in [7, 11) is 1.66. The Balaban J connectivity index is 2.02. The highest BCUT2D eigenvalue weighted by Gasteiger charge is 2.17. The van der Waals surface area contributed by atoms with E-state index in [1.807, 2.05) is 45.0 Å². The Morgan fingerprint density at radius 3 is 2.76 bits per heavy atom. The molecule has 1 N–H and O–H groups in total. The maximum atomic E-state index is 12.1. The molecule has 0 atom stereocenters. The van der Waals surface area contributed by atoms with Crippen molar-refractivity contribution in [3.63, 3.8) is 0 Å². The monoisotopic (exact) mass is 361 g/mol. The molecule has 0 aliphatic carbocycles. The number of nitrogens with zero attached hydrogens (tertiary/aromatic N) is 2. The van der Waals surface area contributed by atoms with Crippen LogP contribution in [0.3, 0.4) is 0 Å². The maximum Gasteiger partial charge on any atom is 0.234 e. The van der Waals surface area contributed by atoms with Crippen LogP contribution >= 0.6 is 11.3 Å². The van der Waals surface area contributed by atoms with Crippen molar-refractivity contribution in [3.05, 3.63) is 35.3 Å². The third kappa shape index (κ3) is 6.14. The summed E-state index contributed by atoms with van der Waals surface area (Å²) in [4.78, 5) is 18.9. The summed E-state index contributed by atoms with van der Waals surface area (Å²) in [6.45, 7) is 9.85. The molecule has 0 aliphatic heterocycles. The van der Waals surface area contributed by atoms with Crippen LogP contribution in [-0.4, -0.2) is 41.5 Å². The van der Waals surface area contributed by atoms with Gasteiger partial charge in [0.05, 0.1) is 19.3 Å². The van der Waals surface area contributed by atoms with Crippen molar-refractivity contribution >= 4 is 17.2 Å². The minimum absolute atomic E-state index is 0.0394. The van der Waals surface area contributed by atoms with Crippen LogP contribution in [0.1, 0.15) is 33.4 Å². The molecule has 1 aromatic heterocycles. The molecule has 0 fully saturated rings. The van der Waals surface area contributed by atoms with Crippen LogP contribution in [0.5, 0.6) is 5.75 Å². The lowest BCUT2D eigenvalue weighted by Gasteiger charge is -2.24. The number of rotatable bonds is 7. The first-order valence-electron chi connectivity index (χ1n) is 8.43. The molecule has 0 spiro atoms. The van der Waals surface area contributed by atoms with Crippen molar-refractivity contribution in [1.82, 2.24) is 15.2 Å². The van der Waals surface area contributed by atoms with Crippen molar-refractivity contribution in [1.29, 1.82) is 0 Å². The number of thiazole rings is 1. The number of carbonyl (C=O) groups is 1. The fraction of sp³-hybridized carbons (Fsp3) is 0.474. The Hall–Kier alpha value is -1.92. The van der Waals surface area contributed by atoms with Crippen LogP contribution in [0.4, 0.5) is 0 Å². The number of benzene rings is 1. The Labute approximate surface area is 154 Å². The van der Waals surface area contributed by atoms with E-state index in [2.05, 4.69) is 22.5 Å². The Kier molecular flexibility index (Phi) is 6.56. The lowest BCUT2D eigenvalue weighted by Crippen LogP contribution is -2.45. The number of nitrogens with one attached hydrogen (secondary N) is 1. The fourth-order valence-electron chi connectivity index (χ4n) is 2.44. The maximum absolute atomic E-state index is 12.1. The molecular formula is C19H27N3O2S. The molecule has 0 bridgehead atoms. The minimum Gasteiger partial charge on any atom is -0.497 e. The van der Waals surface area contributed by atoms with Crippen LogP contribution < -0.4 is 10.1 Å². The highest BCUT2D eigenvalue weighted by Crippen LogP contribution is 2.27. The van der Waals surface area contributed by atoms with Gasteiger partial charge in [0.1, 0.15) is 10.8 Å². The van der Waals surface area contributed by atoms with Crippen molar-refractivity contribution in [2.24, 2.45) is 0 Å². The number of ether oxygens (including phenoxy) is 1. The SMILES string of the molecule is CCN(CC(=O)NC(C)(C)C)Cc1csc(-c2cccc(OC)c2)n1. The zero-order valence-corrected chi connectivity index (χ0v) is 16.4. The second-order valence-corrected chi connectivity index (χ2v) is 7.84. The van der Waals surface area contributed by atoms with Crippen LogP contribution in [0, 0.1) is 0 Å². The van der Waals surface area contributed by atoms with Gasteiger partial charge in [-0.05, 0) is 39.4 Å². The van der Waals surface area contributed by atoms with Gasteiger partial charge in [0.15, 0.2) is 0 Å². The summed E-state index contributed by atoms with van der Waals surface area (Å²) >= 11 is 1.61. The second kappa shape index (κ2) is 8.45. The molecule has 0 saturated heterocycles. The van der Waals surface area contributed by atoms with Crippen LogP contribution in [0.2, 0.25) is 0 Å². The highest BCUT2D eigenvalue weighted by atomic mass is 32.1. The van der Waals surface area contributed by atoms with Crippen molar-refractivity contribution < 1.29 is 9.53 Å². The van der Waals surface area contributed by atoms with Gasteiger partial charge in [-0.15, -0.1) is 11.3 Å². The summed E-state index contributed by atoms with van der Waals surface area (Å²) in [5.41, 5.74) is 1.81. The Morgan fingerprint density at radius 2 is 2.12 bits per heavy atom. The zero-order chi connectivity index (χ0) is 18.4. The molecular weight excluding hydrogens is 334 g/mol. The van der Waals surface area contributed by atoms with Crippen molar-refractivity contribution in [3.8, 4) is 16.3 Å². The van der Waals surface area contributed by atoms with Crippen LogP contribution in [0.25, 0.3) is 10.6 Å². The van der Waals surface area contributed by atoms with Crippen LogP contribution in [0.15, 0.2) is 29.6 Å². The zero-order valence-electron chi connectivity index (χ0n) is 15.6. The van der Waals surface area contributed by atoms with E-state index in [-0.39, 0.29) is 11.4 Å². The largest absolute Gasteiger partial charge is 0.497 e. The third-order valence-corrected chi connectivity index (χ3v) is 4.52. The standard InChI is InChI=1S/C19H27N3O2S/c1-6-22(12-17(23)21-19(2,3)4)11-15-13-25-18(20-15)14-8-7-9-16(10-14)24-5/h7-10,13H,6,11-12H2,1-5H3,(H,21,23). The van der Waals surface area contributed by atoms with Gasteiger partial charge in [-0.2, -0.15) is 0 Å². The molecule has 0 saturated carbocycles.